The molecule has 1 aliphatic rings. The quantitative estimate of drug-likeness (QED) is 0.302. The number of hydrogen-bond donors (Lipinski definition) is 2. The van der Waals surface area contributed by atoms with Crippen LogP contribution in [-0.2, 0) is 0 Å². The lowest BCUT2D eigenvalue weighted by Gasteiger charge is -2.09. The SMILES string of the molecule is CCCCCCCCCCCCCCCCCCC1CC(O)CN1. The number of nitrogens with one attached hydrogen (secondary N) is 1. The third-order valence-corrected chi connectivity index (χ3v) is 5.60. The molecule has 0 aromatic heterocycles. The van der Waals surface area contributed by atoms with Crippen molar-refractivity contribution in [1.29, 1.82) is 0 Å². The highest BCUT2D eigenvalue weighted by Crippen LogP contribution is 2.16. The van der Waals surface area contributed by atoms with Gasteiger partial charge < -0.3 is 10.4 Å². The molecule has 1 saturated heterocycles. The van der Waals surface area contributed by atoms with Crippen molar-refractivity contribution in [2.45, 2.75) is 135 Å². The minimum Gasteiger partial charge on any atom is -0.392 e. The van der Waals surface area contributed by atoms with Crippen molar-refractivity contribution in [3.63, 3.8) is 0 Å². The Morgan fingerprint density at radius 1 is 0.667 bits per heavy atom. The minimum atomic E-state index is -0.0870. The first-order valence-corrected chi connectivity index (χ1v) is 11.2. The van der Waals surface area contributed by atoms with E-state index in [2.05, 4.69) is 12.2 Å². The predicted octanol–water partition coefficient (Wildman–Crippen LogP) is 6.36. The zero-order chi connectivity index (χ0) is 17.3. The fourth-order valence-corrected chi connectivity index (χ4v) is 3.96. The van der Waals surface area contributed by atoms with E-state index in [-0.39, 0.29) is 6.10 Å². The molecule has 2 unspecified atom stereocenters. The molecule has 0 saturated carbocycles. The van der Waals surface area contributed by atoms with Crippen molar-refractivity contribution in [2.75, 3.05) is 6.54 Å². The molecule has 0 radical (unpaired) electrons. The fourth-order valence-electron chi connectivity index (χ4n) is 3.96. The number of rotatable bonds is 17. The van der Waals surface area contributed by atoms with Crippen molar-refractivity contribution in [2.24, 2.45) is 0 Å². The molecule has 0 amide bonds. The molecule has 2 heteroatoms. The number of β-amino-alcohol motifs (C(OH)–C–C–N with tert-alkyl or cyclic N) is 1. The van der Waals surface area contributed by atoms with Gasteiger partial charge in [0, 0.05) is 12.6 Å². The number of unbranched alkanes of at least 4 members (excludes halogenated alkanes) is 15. The largest absolute Gasteiger partial charge is 0.392 e. The van der Waals surface area contributed by atoms with Crippen LogP contribution in [0.2, 0.25) is 0 Å². The predicted molar refractivity (Wildman–Crippen MR) is 107 cm³/mol. The topological polar surface area (TPSA) is 32.3 Å². The number of hydrogen-bond acceptors (Lipinski definition) is 2. The molecule has 0 spiro atoms. The van der Waals surface area contributed by atoms with Gasteiger partial charge in [0.2, 0.25) is 0 Å². The van der Waals surface area contributed by atoms with Crippen LogP contribution in [-0.4, -0.2) is 23.8 Å². The van der Waals surface area contributed by atoms with E-state index in [1.807, 2.05) is 0 Å². The Balaban J connectivity index is 1.66. The maximum absolute atomic E-state index is 9.47. The summed E-state index contributed by atoms with van der Waals surface area (Å²) in [5.41, 5.74) is 0. The van der Waals surface area contributed by atoms with E-state index in [9.17, 15) is 5.11 Å². The van der Waals surface area contributed by atoms with Gasteiger partial charge in [-0.25, -0.2) is 0 Å². The normalized spacial score (nSPS) is 20.8. The van der Waals surface area contributed by atoms with Gasteiger partial charge in [0.15, 0.2) is 0 Å². The molecule has 1 rings (SSSR count). The summed E-state index contributed by atoms with van der Waals surface area (Å²) in [6.07, 6.45) is 25.1. The van der Waals surface area contributed by atoms with Crippen LogP contribution in [0.4, 0.5) is 0 Å². The van der Waals surface area contributed by atoms with Gasteiger partial charge in [-0.3, -0.25) is 0 Å². The molecular formula is C22H45NO. The summed E-state index contributed by atoms with van der Waals surface area (Å²) in [4.78, 5) is 0. The molecule has 24 heavy (non-hydrogen) atoms. The van der Waals surface area contributed by atoms with Gasteiger partial charge in [-0.15, -0.1) is 0 Å². The second kappa shape index (κ2) is 16.4. The molecule has 2 atom stereocenters. The average Bonchev–Trinajstić information content (AvgIpc) is 3.00. The summed E-state index contributed by atoms with van der Waals surface area (Å²) in [6, 6.07) is 0.589. The molecule has 144 valence electrons. The van der Waals surface area contributed by atoms with E-state index in [0.29, 0.717) is 6.04 Å². The molecule has 0 bridgehead atoms. The van der Waals surface area contributed by atoms with Gasteiger partial charge in [-0.05, 0) is 12.8 Å². The summed E-state index contributed by atoms with van der Waals surface area (Å²) >= 11 is 0. The molecule has 0 aliphatic carbocycles. The van der Waals surface area contributed by atoms with Crippen molar-refractivity contribution >= 4 is 0 Å². The Morgan fingerprint density at radius 2 is 1.08 bits per heavy atom. The van der Waals surface area contributed by atoms with Crippen molar-refractivity contribution in [3.05, 3.63) is 0 Å². The summed E-state index contributed by atoms with van der Waals surface area (Å²) < 4.78 is 0. The van der Waals surface area contributed by atoms with Gasteiger partial charge >= 0.3 is 0 Å². The lowest BCUT2D eigenvalue weighted by atomic mass is 10.0. The van der Waals surface area contributed by atoms with Crippen molar-refractivity contribution in [1.82, 2.24) is 5.32 Å². The second-order valence-electron chi connectivity index (χ2n) is 8.09. The second-order valence-corrected chi connectivity index (χ2v) is 8.09. The Kier molecular flexibility index (Phi) is 15.0. The lowest BCUT2D eigenvalue weighted by Crippen LogP contribution is -2.21. The highest BCUT2D eigenvalue weighted by molar-refractivity contribution is 4.80. The first-order valence-electron chi connectivity index (χ1n) is 11.2. The summed E-state index contributed by atoms with van der Waals surface area (Å²) in [5.74, 6) is 0. The van der Waals surface area contributed by atoms with Gasteiger partial charge in [0.25, 0.3) is 0 Å². The summed E-state index contributed by atoms with van der Waals surface area (Å²) in [5, 5.41) is 12.9. The highest BCUT2D eigenvalue weighted by Gasteiger charge is 2.20. The standard InChI is InChI=1S/C22H45NO/c1-2-3-4-5-6-7-8-9-10-11-12-13-14-15-16-17-18-21-19-22(24)20-23-21/h21-24H,2-20H2,1H3. The highest BCUT2D eigenvalue weighted by atomic mass is 16.3. The molecule has 1 aliphatic heterocycles. The zero-order valence-corrected chi connectivity index (χ0v) is 16.5. The van der Waals surface area contributed by atoms with Crippen LogP contribution in [0.15, 0.2) is 0 Å². The summed E-state index contributed by atoms with van der Waals surface area (Å²) in [7, 11) is 0. The molecule has 0 aromatic rings. The minimum absolute atomic E-state index is 0.0870. The summed E-state index contributed by atoms with van der Waals surface area (Å²) in [6.45, 7) is 3.10. The number of aliphatic hydroxyl groups is 1. The lowest BCUT2D eigenvalue weighted by molar-refractivity contribution is 0.192. The van der Waals surface area contributed by atoms with Gasteiger partial charge in [-0.2, -0.15) is 0 Å². The van der Waals surface area contributed by atoms with Gasteiger partial charge in [0.1, 0.15) is 0 Å². The third-order valence-electron chi connectivity index (χ3n) is 5.60. The first-order chi connectivity index (χ1) is 11.8. The van der Waals surface area contributed by atoms with Gasteiger partial charge in [-0.1, -0.05) is 110 Å². The van der Waals surface area contributed by atoms with E-state index >= 15 is 0 Å². The van der Waals surface area contributed by atoms with Crippen LogP contribution in [0.3, 0.4) is 0 Å². The maximum Gasteiger partial charge on any atom is 0.0679 e. The first kappa shape index (κ1) is 22.0. The Hall–Kier alpha value is -0.0800. The Morgan fingerprint density at radius 3 is 1.46 bits per heavy atom. The zero-order valence-electron chi connectivity index (χ0n) is 16.5. The van der Waals surface area contributed by atoms with Crippen LogP contribution < -0.4 is 5.32 Å². The van der Waals surface area contributed by atoms with Gasteiger partial charge in [0.05, 0.1) is 6.10 Å². The van der Waals surface area contributed by atoms with Crippen molar-refractivity contribution < 1.29 is 5.11 Å². The van der Waals surface area contributed by atoms with Crippen LogP contribution in [0.5, 0.6) is 0 Å². The van der Waals surface area contributed by atoms with Crippen LogP contribution in [0, 0.1) is 0 Å². The van der Waals surface area contributed by atoms with Crippen LogP contribution in [0.1, 0.15) is 122 Å². The third kappa shape index (κ3) is 13.2. The Labute approximate surface area is 152 Å². The molecule has 0 aromatic carbocycles. The molecule has 1 heterocycles. The number of aliphatic hydroxyl groups excluding tert-OH is 1. The van der Waals surface area contributed by atoms with Crippen LogP contribution >= 0.6 is 0 Å². The maximum atomic E-state index is 9.47. The smallest absolute Gasteiger partial charge is 0.0679 e. The average molecular weight is 340 g/mol. The monoisotopic (exact) mass is 339 g/mol. The van der Waals surface area contributed by atoms with Crippen molar-refractivity contribution in [3.8, 4) is 0 Å². The molecule has 1 fully saturated rings. The fraction of sp³-hybridized carbons (Fsp3) is 1.00. The van der Waals surface area contributed by atoms with E-state index in [0.717, 1.165) is 13.0 Å². The van der Waals surface area contributed by atoms with E-state index in [1.54, 1.807) is 0 Å². The Bertz CT molecular complexity index is 256. The van der Waals surface area contributed by atoms with Crippen LogP contribution in [0.25, 0.3) is 0 Å². The molecular weight excluding hydrogens is 294 g/mol. The molecule has 2 nitrogen and oxygen atoms in total. The van der Waals surface area contributed by atoms with E-state index < -0.39 is 0 Å². The van der Waals surface area contributed by atoms with E-state index in [1.165, 1.54) is 109 Å². The van der Waals surface area contributed by atoms with E-state index in [4.69, 9.17) is 0 Å². The molecule has 2 N–H and O–H groups in total.